The molecule has 1 aromatic heterocycles. The minimum absolute atomic E-state index is 0.123. The molecule has 0 spiro atoms. The molecule has 6 nitrogen and oxygen atoms in total. The smallest absolute Gasteiger partial charge is 0.221 e. The van der Waals surface area contributed by atoms with Gasteiger partial charge in [0.15, 0.2) is 5.69 Å². The molecule has 1 saturated carbocycles. The first-order chi connectivity index (χ1) is 10.2. The number of carbonyl (C=O) groups excluding carboxylic acids is 1. The van der Waals surface area contributed by atoms with Crippen LogP contribution in [0.2, 0.25) is 0 Å². The largest absolute Gasteiger partial charge is 0.326 e. The highest BCUT2D eigenvalue weighted by Gasteiger charge is 2.28. The maximum Gasteiger partial charge on any atom is 0.221 e. The Morgan fingerprint density at radius 3 is 2.90 bits per heavy atom. The predicted octanol–water partition coefficient (Wildman–Crippen LogP) is 2.36. The molecular weight excluding hydrogens is 266 g/mol. The molecule has 3 rings (SSSR count). The van der Waals surface area contributed by atoms with Crippen LogP contribution in [0.1, 0.15) is 43.5 Å². The van der Waals surface area contributed by atoms with Crippen molar-refractivity contribution in [3.05, 3.63) is 35.7 Å². The number of carbonyl (C=O) groups is 1. The van der Waals surface area contributed by atoms with Crippen LogP contribution < -0.4 is 5.32 Å². The number of amides is 1. The average molecular weight is 281 g/mol. The van der Waals surface area contributed by atoms with Gasteiger partial charge in [-0.2, -0.15) is 5.26 Å². The summed E-state index contributed by atoms with van der Waals surface area (Å²) in [6.07, 6.45) is 3.30. The van der Waals surface area contributed by atoms with Crippen molar-refractivity contribution in [2.24, 2.45) is 0 Å². The van der Waals surface area contributed by atoms with E-state index in [4.69, 9.17) is 0 Å². The fraction of sp³-hybridized carbons (Fsp3) is 0.333. The van der Waals surface area contributed by atoms with Crippen molar-refractivity contribution in [2.45, 2.75) is 32.1 Å². The van der Waals surface area contributed by atoms with E-state index in [2.05, 4.69) is 21.7 Å². The summed E-state index contributed by atoms with van der Waals surface area (Å²) in [7, 11) is 0. The number of nitriles is 1. The van der Waals surface area contributed by atoms with Crippen LogP contribution in [0.5, 0.6) is 0 Å². The van der Waals surface area contributed by atoms with E-state index in [0.717, 1.165) is 24.2 Å². The molecule has 0 unspecified atom stereocenters. The fourth-order valence-electron chi connectivity index (χ4n) is 2.53. The van der Waals surface area contributed by atoms with Crippen molar-refractivity contribution in [2.75, 3.05) is 5.32 Å². The lowest BCUT2D eigenvalue weighted by Gasteiger charge is -2.25. The van der Waals surface area contributed by atoms with Gasteiger partial charge in [0, 0.05) is 18.5 Å². The Morgan fingerprint density at radius 1 is 1.48 bits per heavy atom. The van der Waals surface area contributed by atoms with Crippen molar-refractivity contribution in [3.8, 4) is 11.8 Å². The highest BCUT2D eigenvalue weighted by Crippen LogP contribution is 2.38. The lowest BCUT2D eigenvalue weighted by Crippen LogP contribution is -2.15. The zero-order valence-corrected chi connectivity index (χ0v) is 11.7. The second kappa shape index (κ2) is 5.37. The van der Waals surface area contributed by atoms with Gasteiger partial charge in [0.1, 0.15) is 6.07 Å². The maximum absolute atomic E-state index is 11.2. The summed E-state index contributed by atoms with van der Waals surface area (Å²) in [5, 5.41) is 20.0. The van der Waals surface area contributed by atoms with Crippen molar-refractivity contribution >= 4 is 11.6 Å². The van der Waals surface area contributed by atoms with Gasteiger partial charge < -0.3 is 5.32 Å². The highest BCUT2D eigenvalue weighted by molar-refractivity contribution is 5.88. The van der Waals surface area contributed by atoms with Crippen molar-refractivity contribution in [1.29, 1.82) is 5.26 Å². The molecule has 6 heteroatoms. The molecule has 0 bridgehead atoms. The van der Waals surface area contributed by atoms with Gasteiger partial charge in [-0.05, 0) is 31.0 Å². The SMILES string of the molecule is CC(=O)Nc1cccc(-n2nnc(C#N)c2C2CCC2)c1. The Bertz CT molecular complexity index is 724. The minimum atomic E-state index is -0.123. The summed E-state index contributed by atoms with van der Waals surface area (Å²) in [6.45, 7) is 1.47. The molecule has 1 heterocycles. The summed E-state index contributed by atoms with van der Waals surface area (Å²) >= 11 is 0. The molecule has 1 fully saturated rings. The maximum atomic E-state index is 11.2. The van der Waals surface area contributed by atoms with Crippen LogP contribution in [0.4, 0.5) is 5.69 Å². The third kappa shape index (κ3) is 2.50. The third-order valence-electron chi connectivity index (χ3n) is 3.71. The van der Waals surface area contributed by atoms with Crippen molar-refractivity contribution in [1.82, 2.24) is 15.0 Å². The number of rotatable bonds is 3. The average Bonchev–Trinajstić information content (AvgIpc) is 2.80. The van der Waals surface area contributed by atoms with Gasteiger partial charge >= 0.3 is 0 Å². The molecule has 1 aliphatic rings. The van der Waals surface area contributed by atoms with Crippen LogP contribution in [0, 0.1) is 11.3 Å². The second-order valence-electron chi connectivity index (χ2n) is 5.21. The first-order valence-electron chi connectivity index (χ1n) is 6.93. The van der Waals surface area contributed by atoms with Gasteiger partial charge in [-0.1, -0.05) is 17.7 Å². The summed E-state index contributed by atoms with van der Waals surface area (Å²) in [5.74, 6) is 0.224. The standard InChI is InChI=1S/C15H15N5O/c1-10(21)17-12-6-3-7-13(8-12)20-15(11-4-2-5-11)14(9-16)18-19-20/h3,6-8,11H,2,4-5H2,1H3,(H,17,21). The molecule has 0 atom stereocenters. The van der Waals surface area contributed by atoms with Gasteiger partial charge in [0.2, 0.25) is 5.91 Å². The molecule has 1 aromatic carbocycles. The first kappa shape index (κ1) is 13.3. The Labute approximate surface area is 122 Å². The molecule has 1 amide bonds. The third-order valence-corrected chi connectivity index (χ3v) is 3.71. The zero-order chi connectivity index (χ0) is 14.8. The number of hydrogen-bond donors (Lipinski definition) is 1. The first-order valence-corrected chi connectivity index (χ1v) is 6.93. The highest BCUT2D eigenvalue weighted by atomic mass is 16.1. The molecular formula is C15H15N5O. The number of aromatic nitrogens is 3. The van der Waals surface area contributed by atoms with Crippen molar-refractivity contribution < 1.29 is 4.79 Å². The van der Waals surface area contributed by atoms with E-state index in [0.29, 0.717) is 17.3 Å². The van der Waals surface area contributed by atoms with E-state index >= 15 is 0 Å². The molecule has 21 heavy (non-hydrogen) atoms. The van der Waals surface area contributed by atoms with Gasteiger partial charge in [0.05, 0.1) is 11.4 Å². The van der Waals surface area contributed by atoms with Crippen LogP contribution in [0.15, 0.2) is 24.3 Å². The number of anilines is 1. The van der Waals surface area contributed by atoms with E-state index in [1.54, 1.807) is 4.68 Å². The lowest BCUT2D eigenvalue weighted by atomic mass is 9.82. The van der Waals surface area contributed by atoms with Crippen LogP contribution in [-0.2, 0) is 4.79 Å². The molecule has 1 aliphatic carbocycles. The fourth-order valence-corrected chi connectivity index (χ4v) is 2.53. The minimum Gasteiger partial charge on any atom is -0.326 e. The Kier molecular flexibility index (Phi) is 3.40. The molecule has 1 N–H and O–H groups in total. The summed E-state index contributed by atoms with van der Waals surface area (Å²) < 4.78 is 1.72. The monoisotopic (exact) mass is 281 g/mol. The quantitative estimate of drug-likeness (QED) is 0.936. The van der Waals surface area contributed by atoms with Gasteiger partial charge in [-0.15, -0.1) is 5.10 Å². The normalized spacial score (nSPS) is 14.3. The topological polar surface area (TPSA) is 83.6 Å². The Balaban J connectivity index is 2.02. The van der Waals surface area contributed by atoms with Crippen LogP contribution in [-0.4, -0.2) is 20.9 Å². The number of hydrogen-bond acceptors (Lipinski definition) is 4. The number of benzene rings is 1. The summed E-state index contributed by atoms with van der Waals surface area (Å²) in [4.78, 5) is 11.2. The van der Waals surface area contributed by atoms with Gasteiger partial charge in [-0.3, -0.25) is 4.79 Å². The van der Waals surface area contributed by atoms with Gasteiger partial charge in [-0.25, -0.2) is 4.68 Å². The van der Waals surface area contributed by atoms with E-state index in [1.165, 1.54) is 13.3 Å². The van der Waals surface area contributed by atoms with E-state index in [-0.39, 0.29) is 5.91 Å². The molecule has 0 radical (unpaired) electrons. The van der Waals surface area contributed by atoms with E-state index < -0.39 is 0 Å². The summed E-state index contributed by atoms with van der Waals surface area (Å²) in [5.41, 5.74) is 2.78. The Morgan fingerprint density at radius 2 is 2.29 bits per heavy atom. The second-order valence-corrected chi connectivity index (χ2v) is 5.21. The van der Waals surface area contributed by atoms with Crippen LogP contribution >= 0.6 is 0 Å². The van der Waals surface area contributed by atoms with Crippen LogP contribution in [0.25, 0.3) is 5.69 Å². The number of nitrogens with one attached hydrogen (secondary N) is 1. The van der Waals surface area contributed by atoms with E-state index in [9.17, 15) is 10.1 Å². The lowest BCUT2D eigenvalue weighted by molar-refractivity contribution is -0.114. The molecule has 0 aliphatic heterocycles. The van der Waals surface area contributed by atoms with E-state index in [1.807, 2.05) is 24.3 Å². The molecule has 0 saturated heterocycles. The molecule has 106 valence electrons. The summed E-state index contributed by atoms with van der Waals surface area (Å²) in [6, 6.07) is 9.50. The van der Waals surface area contributed by atoms with Crippen LogP contribution in [0.3, 0.4) is 0 Å². The van der Waals surface area contributed by atoms with Crippen molar-refractivity contribution in [3.63, 3.8) is 0 Å². The van der Waals surface area contributed by atoms with Gasteiger partial charge in [0.25, 0.3) is 0 Å². The Hall–Kier alpha value is -2.68. The zero-order valence-electron chi connectivity index (χ0n) is 11.7. The number of nitrogens with zero attached hydrogens (tertiary/aromatic N) is 4. The molecule has 2 aromatic rings. The predicted molar refractivity (Wildman–Crippen MR) is 77.0 cm³/mol.